The second-order valence-corrected chi connectivity index (χ2v) is 6.28. The largest absolute Gasteiger partial charge is 0.455 e. The third kappa shape index (κ3) is 4.73. The van der Waals surface area contributed by atoms with Gasteiger partial charge in [0.05, 0.1) is 11.6 Å². The lowest BCUT2D eigenvalue weighted by molar-refractivity contribution is -0.154. The molecule has 2 aromatic rings. The minimum absolute atomic E-state index is 0.0593. The number of para-hydroxylation sites is 1. The minimum Gasteiger partial charge on any atom is -0.455 e. The van der Waals surface area contributed by atoms with Crippen molar-refractivity contribution in [2.24, 2.45) is 5.92 Å². The van der Waals surface area contributed by atoms with Crippen molar-refractivity contribution in [2.45, 2.75) is 19.3 Å². The van der Waals surface area contributed by atoms with Crippen LogP contribution in [0.25, 0.3) is 0 Å². The van der Waals surface area contributed by atoms with Crippen LogP contribution in [-0.2, 0) is 14.3 Å². The summed E-state index contributed by atoms with van der Waals surface area (Å²) >= 11 is 6.01. The van der Waals surface area contributed by atoms with E-state index in [1.807, 2.05) is 18.2 Å². The summed E-state index contributed by atoms with van der Waals surface area (Å²) in [7, 11) is 0. The van der Waals surface area contributed by atoms with Crippen LogP contribution in [0.5, 0.6) is 11.5 Å². The molecule has 5 nitrogen and oxygen atoms in total. The van der Waals surface area contributed by atoms with E-state index < -0.39 is 5.91 Å². The molecule has 0 radical (unpaired) electrons. The number of halogens is 1. The topological polar surface area (TPSA) is 64.6 Å². The van der Waals surface area contributed by atoms with E-state index in [4.69, 9.17) is 21.1 Å². The fourth-order valence-corrected chi connectivity index (χ4v) is 2.56. The molecule has 25 heavy (non-hydrogen) atoms. The molecule has 0 spiro atoms. The summed E-state index contributed by atoms with van der Waals surface area (Å²) in [6.45, 7) is -0.327. The lowest BCUT2D eigenvalue weighted by Crippen LogP contribution is -2.28. The second kappa shape index (κ2) is 8.03. The van der Waals surface area contributed by atoms with Crippen LogP contribution in [0.4, 0.5) is 5.69 Å². The number of carbonyl (C=O) groups is 2. The van der Waals surface area contributed by atoms with E-state index in [2.05, 4.69) is 5.32 Å². The number of hydrogen-bond donors (Lipinski definition) is 1. The van der Waals surface area contributed by atoms with E-state index in [0.717, 1.165) is 19.3 Å². The van der Waals surface area contributed by atoms with Crippen molar-refractivity contribution in [1.29, 1.82) is 0 Å². The van der Waals surface area contributed by atoms with Crippen LogP contribution >= 0.6 is 11.6 Å². The van der Waals surface area contributed by atoms with Gasteiger partial charge in [-0.05, 0) is 43.2 Å². The zero-order valence-electron chi connectivity index (χ0n) is 13.5. The van der Waals surface area contributed by atoms with Crippen LogP contribution in [0.2, 0.25) is 5.02 Å². The van der Waals surface area contributed by atoms with E-state index in [9.17, 15) is 9.59 Å². The van der Waals surface area contributed by atoms with Gasteiger partial charge in [-0.2, -0.15) is 0 Å². The summed E-state index contributed by atoms with van der Waals surface area (Å²) in [5, 5.41) is 3.14. The molecule has 0 aliphatic heterocycles. The Morgan fingerprint density at radius 1 is 1.12 bits per heavy atom. The van der Waals surface area contributed by atoms with Gasteiger partial charge in [0.15, 0.2) is 12.4 Å². The van der Waals surface area contributed by atoms with E-state index in [1.54, 1.807) is 30.3 Å². The molecule has 0 bridgehead atoms. The van der Waals surface area contributed by atoms with Gasteiger partial charge in [0.1, 0.15) is 5.75 Å². The zero-order valence-corrected chi connectivity index (χ0v) is 14.3. The number of esters is 1. The molecule has 2 aromatic carbocycles. The summed E-state index contributed by atoms with van der Waals surface area (Å²) in [4.78, 5) is 23.8. The van der Waals surface area contributed by atoms with Crippen molar-refractivity contribution in [3.8, 4) is 11.5 Å². The van der Waals surface area contributed by atoms with Gasteiger partial charge in [-0.1, -0.05) is 36.2 Å². The van der Waals surface area contributed by atoms with Gasteiger partial charge in [0.2, 0.25) is 0 Å². The molecule has 130 valence electrons. The molecule has 6 heteroatoms. The fraction of sp³-hybridized carbons (Fsp3) is 0.263. The Hall–Kier alpha value is -2.53. The predicted molar refractivity (Wildman–Crippen MR) is 94.9 cm³/mol. The first-order chi connectivity index (χ1) is 12.1. The van der Waals surface area contributed by atoms with Gasteiger partial charge in [-0.15, -0.1) is 0 Å². The van der Waals surface area contributed by atoms with E-state index in [0.29, 0.717) is 22.2 Å². The van der Waals surface area contributed by atoms with Gasteiger partial charge in [-0.25, -0.2) is 0 Å². The molecule has 3 rings (SSSR count). The van der Waals surface area contributed by atoms with Gasteiger partial charge >= 0.3 is 5.97 Å². The number of ether oxygens (including phenoxy) is 2. The van der Waals surface area contributed by atoms with E-state index in [1.165, 1.54) is 0 Å². The maximum atomic E-state index is 12.1. The average molecular weight is 360 g/mol. The molecule has 0 heterocycles. The fourth-order valence-electron chi connectivity index (χ4n) is 2.39. The molecule has 1 fully saturated rings. The first kappa shape index (κ1) is 17.3. The van der Waals surface area contributed by atoms with Crippen molar-refractivity contribution >= 4 is 29.2 Å². The minimum atomic E-state index is -0.437. The quantitative estimate of drug-likeness (QED) is 0.776. The summed E-state index contributed by atoms with van der Waals surface area (Å²) in [5.74, 6) is 0.281. The summed E-state index contributed by atoms with van der Waals surface area (Å²) in [5.41, 5.74) is 0.418. The Labute approximate surface area is 150 Å². The number of amides is 1. The lowest BCUT2D eigenvalue weighted by atomic mass is 9.86. The Bertz CT molecular complexity index is 759. The second-order valence-electron chi connectivity index (χ2n) is 5.84. The SMILES string of the molecule is O=C(COC(=O)C1CCC1)Nc1cc(Cl)ccc1Oc1ccccc1. The van der Waals surface area contributed by atoms with Crippen LogP contribution in [0.3, 0.4) is 0 Å². The Morgan fingerprint density at radius 3 is 2.56 bits per heavy atom. The third-order valence-electron chi connectivity index (χ3n) is 3.97. The third-order valence-corrected chi connectivity index (χ3v) is 4.21. The summed E-state index contributed by atoms with van der Waals surface area (Å²) < 4.78 is 10.8. The molecular formula is C19H18ClNO4. The molecule has 1 N–H and O–H groups in total. The van der Waals surface area contributed by atoms with Gasteiger partial charge < -0.3 is 14.8 Å². The highest BCUT2D eigenvalue weighted by Crippen LogP contribution is 2.32. The predicted octanol–water partition coefficient (Wildman–Crippen LogP) is 4.41. The molecule has 0 unspecified atom stereocenters. The highest BCUT2D eigenvalue weighted by molar-refractivity contribution is 6.31. The van der Waals surface area contributed by atoms with Gasteiger partial charge in [0.25, 0.3) is 5.91 Å². The highest BCUT2D eigenvalue weighted by Gasteiger charge is 2.27. The molecule has 1 aliphatic carbocycles. The molecule has 1 amide bonds. The standard InChI is InChI=1S/C19H18ClNO4/c20-14-9-10-17(25-15-7-2-1-3-8-15)16(11-14)21-18(22)12-24-19(23)13-5-4-6-13/h1-3,7-11,13H,4-6,12H2,(H,21,22). The van der Waals surface area contributed by atoms with Crippen molar-refractivity contribution in [2.75, 3.05) is 11.9 Å². The maximum absolute atomic E-state index is 12.1. The number of hydrogen-bond acceptors (Lipinski definition) is 4. The summed E-state index contributed by atoms with van der Waals surface area (Å²) in [6, 6.07) is 14.1. The number of carbonyl (C=O) groups excluding carboxylic acids is 2. The van der Waals surface area contributed by atoms with E-state index in [-0.39, 0.29) is 18.5 Å². The first-order valence-corrected chi connectivity index (χ1v) is 8.48. The Kier molecular flexibility index (Phi) is 5.56. The highest BCUT2D eigenvalue weighted by atomic mass is 35.5. The number of anilines is 1. The van der Waals surface area contributed by atoms with Gasteiger partial charge in [-0.3, -0.25) is 9.59 Å². The number of nitrogens with one attached hydrogen (secondary N) is 1. The van der Waals surface area contributed by atoms with Crippen LogP contribution in [0.15, 0.2) is 48.5 Å². The number of benzene rings is 2. The first-order valence-electron chi connectivity index (χ1n) is 8.11. The van der Waals surface area contributed by atoms with E-state index >= 15 is 0 Å². The van der Waals surface area contributed by atoms with Crippen molar-refractivity contribution in [3.63, 3.8) is 0 Å². The monoisotopic (exact) mass is 359 g/mol. The summed E-state index contributed by atoms with van der Waals surface area (Å²) in [6.07, 6.45) is 2.71. The normalized spacial score (nSPS) is 13.6. The lowest BCUT2D eigenvalue weighted by Gasteiger charge is -2.22. The van der Waals surface area contributed by atoms with Crippen molar-refractivity contribution < 1.29 is 19.1 Å². The van der Waals surface area contributed by atoms with Gasteiger partial charge in [0, 0.05) is 5.02 Å². The van der Waals surface area contributed by atoms with Crippen molar-refractivity contribution in [1.82, 2.24) is 0 Å². The maximum Gasteiger partial charge on any atom is 0.309 e. The van der Waals surface area contributed by atoms with Crippen molar-refractivity contribution in [3.05, 3.63) is 53.6 Å². The zero-order chi connectivity index (χ0) is 17.6. The van der Waals surface area contributed by atoms with Crippen LogP contribution in [0, 0.1) is 5.92 Å². The molecule has 0 atom stereocenters. The average Bonchev–Trinajstić information content (AvgIpc) is 2.55. The van der Waals surface area contributed by atoms with Crippen LogP contribution in [-0.4, -0.2) is 18.5 Å². The van der Waals surface area contributed by atoms with Crippen LogP contribution in [0.1, 0.15) is 19.3 Å². The Morgan fingerprint density at radius 2 is 1.88 bits per heavy atom. The molecular weight excluding hydrogens is 342 g/mol. The smallest absolute Gasteiger partial charge is 0.309 e. The Balaban J connectivity index is 1.63. The molecule has 0 aromatic heterocycles. The van der Waals surface area contributed by atoms with Crippen LogP contribution < -0.4 is 10.1 Å². The molecule has 1 saturated carbocycles. The molecule has 1 aliphatic rings. The molecule has 0 saturated heterocycles. The number of rotatable bonds is 6.